The number of carbonyl (C=O) groups excluding carboxylic acids is 1. The quantitative estimate of drug-likeness (QED) is 0.797. The Kier molecular flexibility index (Phi) is 3.45. The van der Waals surface area contributed by atoms with E-state index in [1.54, 1.807) is 24.3 Å². The van der Waals surface area contributed by atoms with Crippen molar-refractivity contribution in [3.63, 3.8) is 0 Å². The maximum Gasteiger partial charge on any atom is 0.251 e. The minimum Gasteiger partial charge on any atom is -0.347 e. The molecule has 0 aromatic heterocycles. The van der Waals surface area contributed by atoms with Crippen molar-refractivity contribution < 1.29 is 9.18 Å². The molecule has 0 aliphatic carbocycles. The van der Waals surface area contributed by atoms with Crippen LogP contribution in [0.1, 0.15) is 36.7 Å². The van der Waals surface area contributed by atoms with Gasteiger partial charge in [-0.05, 0) is 38.5 Å². The maximum atomic E-state index is 12.2. The summed E-state index contributed by atoms with van der Waals surface area (Å²) in [5.74, 6) is -0.132. The highest BCUT2D eigenvalue weighted by atomic mass is 19.1. The molecule has 0 saturated carbocycles. The Bertz CT molecular complexity index is 338. The van der Waals surface area contributed by atoms with E-state index in [2.05, 4.69) is 5.32 Å². The third-order valence-electron chi connectivity index (χ3n) is 1.86. The van der Waals surface area contributed by atoms with Crippen LogP contribution in [0.3, 0.4) is 0 Å². The van der Waals surface area contributed by atoms with E-state index in [1.807, 2.05) is 20.8 Å². The molecular formula is C12H16FNO. The van der Waals surface area contributed by atoms with Crippen LogP contribution < -0.4 is 5.32 Å². The topological polar surface area (TPSA) is 29.1 Å². The second-order valence-electron chi connectivity index (χ2n) is 4.53. The van der Waals surface area contributed by atoms with Crippen LogP contribution >= 0.6 is 0 Å². The fraction of sp³-hybridized carbons (Fsp3) is 0.417. The Morgan fingerprint density at radius 2 is 1.80 bits per heavy atom. The summed E-state index contributed by atoms with van der Waals surface area (Å²) in [6.07, 6.45) is 0. The minimum absolute atomic E-state index is 0.132. The van der Waals surface area contributed by atoms with Gasteiger partial charge < -0.3 is 5.32 Å². The van der Waals surface area contributed by atoms with E-state index in [4.69, 9.17) is 0 Å². The maximum absolute atomic E-state index is 12.2. The summed E-state index contributed by atoms with van der Waals surface area (Å²) in [5, 5.41) is 2.84. The number of hydrogen-bond acceptors (Lipinski definition) is 1. The first kappa shape index (κ1) is 11.7. The smallest absolute Gasteiger partial charge is 0.251 e. The molecule has 0 saturated heterocycles. The Labute approximate surface area is 89.5 Å². The second kappa shape index (κ2) is 4.43. The number of nitrogens with one attached hydrogen (secondary N) is 1. The third-order valence-corrected chi connectivity index (χ3v) is 1.86. The van der Waals surface area contributed by atoms with E-state index in [0.29, 0.717) is 11.1 Å². The number of alkyl halides is 1. The van der Waals surface area contributed by atoms with E-state index >= 15 is 0 Å². The Hall–Kier alpha value is -1.38. The zero-order valence-electron chi connectivity index (χ0n) is 9.30. The molecule has 0 aliphatic heterocycles. The van der Waals surface area contributed by atoms with Gasteiger partial charge in [-0.3, -0.25) is 4.79 Å². The van der Waals surface area contributed by atoms with Crippen LogP contribution in [0.25, 0.3) is 0 Å². The van der Waals surface area contributed by atoms with E-state index < -0.39 is 6.67 Å². The number of benzene rings is 1. The predicted molar refractivity (Wildman–Crippen MR) is 58.5 cm³/mol. The fourth-order valence-corrected chi connectivity index (χ4v) is 1.16. The lowest BCUT2D eigenvalue weighted by molar-refractivity contribution is 0.0919. The van der Waals surface area contributed by atoms with Gasteiger partial charge in [0.2, 0.25) is 0 Å². The van der Waals surface area contributed by atoms with E-state index in [-0.39, 0.29) is 11.4 Å². The molecule has 1 N–H and O–H groups in total. The van der Waals surface area contributed by atoms with Crippen LogP contribution in [0.2, 0.25) is 0 Å². The summed E-state index contributed by atoms with van der Waals surface area (Å²) in [6, 6.07) is 6.52. The summed E-state index contributed by atoms with van der Waals surface area (Å²) in [4.78, 5) is 11.7. The van der Waals surface area contributed by atoms with Crippen molar-refractivity contribution in [3.8, 4) is 0 Å². The Morgan fingerprint density at radius 1 is 1.27 bits per heavy atom. The molecule has 0 spiro atoms. The molecule has 0 bridgehead atoms. The van der Waals surface area contributed by atoms with E-state index in [0.717, 1.165) is 0 Å². The zero-order valence-corrected chi connectivity index (χ0v) is 9.30. The van der Waals surface area contributed by atoms with Gasteiger partial charge in [-0.1, -0.05) is 12.1 Å². The first-order valence-corrected chi connectivity index (χ1v) is 4.90. The Morgan fingerprint density at radius 3 is 2.20 bits per heavy atom. The van der Waals surface area contributed by atoms with Gasteiger partial charge in [0, 0.05) is 11.1 Å². The molecule has 0 radical (unpaired) electrons. The van der Waals surface area contributed by atoms with Crippen molar-refractivity contribution in [2.45, 2.75) is 33.0 Å². The molecule has 1 aromatic rings. The standard InChI is InChI=1S/C12H16FNO/c1-12(2,3)14-11(15)10-6-4-9(8-13)5-7-10/h4-7H,8H2,1-3H3,(H,14,15). The van der Waals surface area contributed by atoms with Gasteiger partial charge in [0.1, 0.15) is 6.67 Å². The highest BCUT2D eigenvalue weighted by molar-refractivity contribution is 5.94. The second-order valence-corrected chi connectivity index (χ2v) is 4.53. The van der Waals surface area contributed by atoms with Gasteiger partial charge >= 0.3 is 0 Å². The molecule has 0 unspecified atom stereocenters. The molecule has 0 heterocycles. The SMILES string of the molecule is CC(C)(C)NC(=O)c1ccc(CF)cc1. The molecule has 0 atom stereocenters. The minimum atomic E-state index is -0.499. The average molecular weight is 209 g/mol. The van der Waals surface area contributed by atoms with Crippen molar-refractivity contribution >= 4 is 5.91 Å². The molecule has 3 heteroatoms. The number of hydrogen-bond donors (Lipinski definition) is 1. The van der Waals surface area contributed by atoms with E-state index in [9.17, 15) is 9.18 Å². The van der Waals surface area contributed by atoms with Crippen molar-refractivity contribution in [1.82, 2.24) is 5.32 Å². The average Bonchev–Trinajstić information content (AvgIpc) is 2.15. The number of carbonyl (C=O) groups is 1. The molecule has 1 rings (SSSR count). The highest BCUT2D eigenvalue weighted by Gasteiger charge is 2.14. The lowest BCUT2D eigenvalue weighted by Crippen LogP contribution is -2.40. The van der Waals surface area contributed by atoms with Crippen LogP contribution in [0.4, 0.5) is 4.39 Å². The van der Waals surface area contributed by atoms with Crippen molar-refractivity contribution in [2.24, 2.45) is 0 Å². The number of rotatable bonds is 2. The fourth-order valence-electron chi connectivity index (χ4n) is 1.16. The molecule has 15 heavy (non-hydrogen) atoms. The summed E-state index contributed by atoms with van der Waals surface area (Å²) in [6.45, 7) is 5.25. The predicted octanol–water partition coefficient (Wildman–Crippen LogP) is 2.68. The summed E-state index contributed by atoms with van der Waals surface area (Å²) < 4.78 is 12.2. The molecule has 2 nitrogen and oxygen atoms in total. The van der Waals surface area contributed by atoms with Gasteiger partial charge in [0.15, 0.2) is 0 Å². The van der Waals surface area contributed by atoms with Crippen LogP contribution in [-0.4, -0.2) is 11.4 Å². The lowest BCUT2D eigenvalue weighted by Gasteiger charge is -2.20. The largest absolute Gasteiger partial charge is 0.347 e. The lowest BCUT2D eigenvalue weighted by atomic mass is 10.1. The van der Waals surface area contributed by atoms with Crippen molar-refractivity contribution in [3.05, 3.63) is 35.4 Å². The molecule has 1 aromatic carbocycles. The molecule has 0 aliphatic rings. The first-order valence-electron chi connectivity index (χ1n) is 4.90. The molecule has 0 fully saturated rings. The van der Waals surface area contributed by atoms with Gasteiger partial charge in [-0.15, -0.1) is 0 Å². The monoisotopic (exact) mass is 209 g/mol. The van der Waals surface area contributed by atoms with Gasteiger partial charge in [-0.2, -0.15) is 0 Å². The Balaban J connectivity index is 2.75. The summed E-state index contributed by atoms with van der Waals surface area (Å²) >= 11 is 0. The number of amides is 1. The zero-order chi connectivity index (χ0) is 11.5. The number of halogens is 1. The van der Waals surface area contributed by atoms with Crippen molar-refractivity contribution in [1.29, 1.82) is 0 Å². The first-order chi connectivity index (χ1) is 6.92. The normalized spacial score (nSPS) is 11.2. The van der Waals surface area contributed by atoms with Crippen molar-refractivity contribution in [2.75, 3.05) is 0 Å². The van der Waals surface area contributed by atoms with E-state index in [1.165, 1.54) is 0 Å². The van der Waals surface area contributed by atoms with Crippen LogP contribution in [-0.2, 0) is 6.67 Å². The third kappa shape index (κ3) is 3.70. The molecule has 1 amide bonds. The molecular weight excluding hydrogens is 193 g/mol. The van der Waals surface area contributed by atoms with Crippen LogP contribution in [0.15, 0.2) is 24.3 Å². The van der Waals surface area contributed by atoms with Gasteiger partial charge in [0.05, 0.1) is 0 Å². The summed E-state index contributed by atoms with van der Waals surface area (Å²) in [5.41, 5.74) is 0.889. The van der Waals surface area contributed by atoms with Gasteiger partial charge in [-0.25, -0.2) is 4.39 Å². The highest BCUT2D eigenvalue weighted by Crippen LogP contribution is 2.07. The molecule has 82 valence electrons. The van der Waals surface area contributed by atoms with Crippen LogP contribution in [0, 0.1) is 0 Å². The summed E-state index contributed by atoms with van der Waals surface area (Å²) in [7, 11) is 0. The van der Waals surface area contributed by atoms with Gasteiger partial charge in [0.25, 0.3) is 5.91 Å². The van der Waals surface area contributed by atoms with Crippen LogP contribution in [0.5, 0.6) is 0 Å².